The molecule has 0 amide bonds. The highest BCUT2D eigenvalue weighted by molar-refractivity contribution is 8.01. The van der Waals surface area contributed by atoms with Crippen LogP contribution in [0, 0.1) is 10.8 Å². The first-order chi connectivity index (χ1) is 32.8. The van der Waals surface area contributed by atoms with Crippen LogP contribution in [0.25, 0.3) is 21.8 Å². The van der Waals surface area contributed by atoms with E-state index in [9.17, 15) is 20.4 Å². The van der Waals surface area contributed by atoms with Gasteiger partial charge in [0.25, 0.3) is 0 Å². The van der Waals surface area contributed by atoms with E-state index in [0.29, 0.717) is 0 Å². The smallest absolute Gasteiger partial charge is 0.119 e. The number of likely N-dealkylation sites (tertiary alicyclic amines) is 2. The van der Waals surface area contributed by atoms with Gasteiger partial charge in [-0.1, -0.05) is 12.1 Å². The lowest BCUT2D eigenvalue weighted by atomic mass is 9.75. The van der Waals surface area contributed by atoms with Crippen molar-refractivity contribution in [3.63, 3.8) is 0 Å². The lowest BCUT2D eigenvalue weighted by Gasteiger charge is -2.41. The van der Waals surface area contributed by atoms with E-state index in [-0.39, 0.29) is 37.3 Å². The minimum Gasteiger partial charge on any atom is -0.497 e. The number of piperidine rings is 2. The Morgan fingerprint density at radius 2 is 1.15 bits per heavy atom. The molecule has 2 aliphatic heterocycles. The van der Waals surface area contributed by atoms with Gasteiger partial charge < -0.3 is 39.7 Å². The summed E-state index contributed by atoms with van der Waals surface area (Å²) >= 11 is 5.55. The molecule has 67 heavy (non-hydrogen) atoms. The zero-order valence-electron chi connectivity index (χ0n) is 39.3. The van der Waals surface area contributed by atoms with Crippen molar-refractivity contribution in [2.75, 3.05) is 78.2 Å². The van der Waals surface area contributed by atoms with Crippen LogP contribution in [0.2, 0.25) is 0 Å². The van der Waals surface area contributed by atoms with Gasteiger partial charge in [0.1, 0.15) is 11.5 Å². The lowest BCUT2D eigenvalue weighted by Crippen LogP contribution is -2.42. The standard InChI is InChI=1S/C27H35N3O3S.C26H34N2O3S2/c1-33-22-7-8-25-24(17-22)23(21(19-31)18-29-25)5-4-9-27(20-32)10-13-30(14-11-27)15-16-34-26-6-2-3-12-28-26;1-31-21-6-7-24-23(16-21)22(20(18-29)17-27-24)4-2-8-26(19-30)9-11-28(12-10-26)13-15-33-25-5-3-14-32-25/h2-3,6-8,12,17-18,31-32H,4-5,9-11,13-16,19-20H2,1H3;3,5-7,14,16-17,29-30H,2,4,8-13,15,18-19H2,1H3. The van der Waals surface area contributed by atoms with Crippen molar-refractivity contribution in [2.24, 2.45) is 10.8 Å². The summed E-state index contributed by atoms with van der Waals surface area (Å²) in [7, 11) is 3.33. The average Bonchev–Trinajstić information content (AvgIpc) is 3.91. The molecule has 0 unspecified atom stereocenters. The molecule has 2 fully saturated rings. The molecule has 6 aromatic rings. The van der Waals surface area contributed by atoms with E-state index >= 15 is 0 Å². The summed E-state index contributed by atoms with van der Waals surface area (Å²) in [4.78, 5) is 18.4. The lowest BCUT2D eigenvalue weighted by molar-refractivity contribution is 0.0378. The third-order valence-corrected chi connectivity index (χ3v) is 17.1. The zero-order chi connectivity index (χ0) is 46.9. The Kier molecular flexibility index (Phi) is 19.6. The zero-order valence-corrected chi connectivity index (χ0v) is 41.7. The molecular weight excluding hydrogens is 899 g/mol. The van der Waals surface area contributed by atoms with Gasteiger partial charge in [-0.2, -0.15) is 0 Å². The van der Waals surface area contributed by atoms with Crippen LogP contribution in [0.15, 0.2) is 99.9 Å². The van der Waals surface area contributed by atoms with Crippen molar-refractivity contribution in [2.45, 2.75) is 86.7 Å². The fourth-order valence-corrected chi connectivity index (χ4v) is 12.5. The van der Waals surface area contributed by atoms with E-state index < -0.39 is 0 Å². The molecule has 2 saturated heterocycles. The molecule has 2 aromatic carbocycles. The molecule has 4 aromatic heterocycles. The summed E-state index contributed by atoms with van der Waals surface area (Å²) < 4.78 is 12.2. The van der Waals surface area contributed by atoms with E-state index in [1.807, 2.05) is 77.8 Å². The Balaban J connectivity index is 0.000000199. The molecule has 0 spiro atoms. The topological polar surface area (TPSA) is 145 Å². The molecule has 11 nitrogen and oxygen atoms in total. The van der Waals surface area contributed by atoms with Gasteiger partial charge in [-0.15, -0.1) is 34.9 Å². The van der Waals surface area contributed by atoms with Gasteiger partial charge in [0.15, 0.2) is 0 Å². The van der Waals surface area contributed by atoms with Crippen LogP contribution in [0.3, 0.4) is 0 Å². The molecule has 0 aliphatic carbocycles. The third-order valence-electron chi connectivity index (χ3n) is 14.1. The number of aliphatic hydroxyl groups excluding tert-OH is 4. The third kappa shape index (κ3) is 13.9. The molecule has 2 aliphatic rings. The van der Waals surface area contributed by atoms with Crippen LogP contribution < -0.4 is 9.47 Å². The molecule has 6 heterocycles. The Labute approximate surface area is 409 Å². The fourth-order valence-electron chi connectivity index (χ4n) is 9.74. The van der Waals surface area contributed by atoms with E-state index in [1.54, 1.807) is 38.4 Å². The van der Waals surface area contributed by atoms with Gasteiger partial charge in [0.05, 0.1) is 47.7 Å². The molecule has 0 saturated carbocycles. The highest BCUT2D eigenvalue weighted by Crippen LogP contribution is 2.39. The molecule has 14 heteroatoms. The predicted octanol–water partition coefficient (Wildman–Crippen LogP) is 9.31. The van der Waals surface area contributed by atoms with E-state index in [2.05, 4.69) is 48.3 Å². The number of ether oxygens (including phenoxy) is 2. The van der Waals surface area contributed by atoms with Crippen LogP contribution >= 0.6 is 34.9 Å². The number of thioether (sulfide) groups is 2. The fraction of sp³-hybridized carbons (Fsp3) is 0.491. The van der Waals surface area contributed by atoms with Crippen molar-refractivity contribution in [1.29, 1.82) is 0 Å². The summed E-state index contributed by atoms with van der Waals surface area (Å²) in [5.41, 5.74) is 5.89. The Morgan fingerprint density at radius 1 is 0.627 bits per heavy atom. The molecule has 0 atom stereocenters. The Bertz CT molecular complexity index is 2400. The minimum absolute atomic E-state index is 0.00939. The van der Waals surface area contributed by atoms with Crippen molar-refractivity contribution < 1.29 is 29.9 Å². The number of methoxy groups -OCH3 is 2. The maximum atomic E-state index is 10.3. The van der Waals surface area contributed by atoms with Gasteiger partial charge in [0.2, 0.25) is 0 Å². The number of pyridine rings is 3. The number of aromatic nitrogens is 3. The molecule has 360 valence electrons. The number of fused-ring (bicyclic) bond motifs is 2. The van der Waals surface area contributed by atoms with Gasteiger partial charge in [0, 0.05) is 67.2 Å². The SMILES string of the molecule is COc1ccc2ncc(CO)c(CCCC3(CO)CCN(CCSc4ccccn4)CC3)c2c1.COc1ccc2ncc(CO)c(CCCC3(CO)CCN(CCSc4cccs4)CC3)c2c1. The molecule has 8 rings (SSSR count). The van der Waals surface area contributed by atoms with Gasteiger partial charge in [-0.25, -0.2) is 4.98 Å². The highest BCUT2D eigenvalue weighted by atomic mass is 32.2. The molecular formula is C53H69N5O6S3. The maximum absolute atomic E-state index is 10.3. The molecule has 0 bridgehead atoms. The van der Waals surface area contributed by atoms with Gasteiger partial charge in [-0.3, -0.25) is 9.97 Å². The number of rotatable bonds is 22. The number of nitrogens with zero attached hydrogens (tertiary/aromatic N) is 5. The van der Waals surface area contributed by atoms with Gasteiger partial charge >= 0.3 is 0 Å². The summed E-state index contributed by atoms with van der Waals surface area (Å²) in [6.45, 7) is 6.78. The average molecular weight is 968 g/mol. The molecule has 4 N–H and O–H groups in total. The largest absolute Gasteiger partial charge is 0.497 e. The number of thiophene rings is 1. The first-order valence-electron chi connectivity index (χ1n) is 23.8. The van der Waals surface area contributed by atoms with Crippen molar-refractivity contribution in [3.05, 3.63) is 113 Å². The van der Waals surface area contributed by atoms with E-state index in [1.165, 1.54) is 4.21 Å². The summed E-state index contributed by atoms with van der Waals surface area (Å²) in [6, 6.07) is 22.1. The number of benzene rings is 2. The van der Waals surface area contributed by atoms with Crippen molar-refractivity contribution in [3.8, 4) is 11.5 Å². The number of aliphatic hydroxyl groups is 4. The minimum atomic E-state index is -0.0217. The van der Waals surface area contributed by atoms with Crippen LogP contribution in [-0.2, 0) is 26.1 Å². The first kappa shape index (κ1) is 51.0. The second kappa shape index (κ2) is 25.7. The van der Waals surface area contributed by atoms with Crippen LogP contribution in [0.5, 0.6) is 11.5 Å². The monoisotopic (exact) mass is 967 g/mol. The van der Waals surface area contributed by atoms with E-state index in [4.69, 9.17) is 9.47 Å². The highest BCUT2D eigenvalue weighted by Gasteiger charge is 2.35. The van der Waals surface area contributed by atoms with Crippen LogP contribution in [0.1, 0.15) is 73.6 Å². The van der Waals surface area contributed by atoms with Crippen molar-refractivity contribution in [1.82, 2.24) is 24.8 Å². The summed E-state index contributed by atoms with van der Waals surface area (Å²) in [5, 5.41) is 45.7. The number of aryl methyl sites for hydroxylation is 2. The van der Waals surface area contributed by atoms with Crippen molar-refractivity contribution >= 4 is 56.7 Å². The normalized spacial score (nSPS) is 16.2. The van der Waals surface area contributed by atoms with Crippen LogP contribution in [-0.4, -0.2) is 123 Å². The summed E-state index contributed by atoms with van der Waals surface area (Å²) in [5.74, 6) is 3.75. The Hall–Kier alpha value is -3.83. The maximum Gasteiger partial charge on any atom is 0.119 e. The number of hydrogen-bond acceptors (Lipinski definition) is 14. The predicted molar refractivity (Wildman–Crippen MR) is 275 cm³/mol. The quantitative estimate of drug-likeness (QED) is 0.0481. The number of hydrogen-bond donors (Lipinski definition) is 4. The second-order valence-electron chi connectivity index (χ2n) is 18.1. The summed E-state index contributed by atoms with van der Waals surface area (Å²) in [6.07, 6.45) is 15.2. The first-order valence-corrected chi connectivity index (χ1v) is 26.6. The Morgan fingerprint density at radius 3 is 1.58 bits per heavy atom. The van der Waals surface area contributed by atoms with Gasteiger partial charge in [-0.05, 0) is 183 Å². The van der Waals surface area contributed by atoms with Crippen LogP contribution in [0.4, 0.5) is 0 Å². The van der Waals surface area contributed by atoms with E-state index in [0.717, 1.165) is 176 Å². The second-order valence-corrected chi connectivity index (χ2v) is 21.6. The molecule has 0 radical (unpaired) electrons.